The van der Waals surface area contributed by atoms with Crippen molar-refractivity contribution in [3.8, 4) is 0 Å². The maximum Gasteiger partial charge on any atom is 0.159 e. The van der Waals surface area contributed by atoms with Crippen LogP contribution in [-0.4, -0.2) is 27.5 Å². The standard InChI is InChI=1S/C22H23F2N3/c1-16-12-25-22(27(16)14-17-5-3-2-4-6-17)19-9-10-26(15-19)13-18-7-8-20(23)21(24)11-18/h2-8,11-12,19H,9-10,13-15H2,1H3. The van der Waals surface area contributed by atoms with Crippen molar-refractivity contribution < 1.29 is 8.78 Å². The van der Waals surface area contributed by atoms with Crippen molar-refractivity contribution in [1.29, 1.82) is 0 Å². The van der Waals surface area contributed by atoms with Gasteiger partial charge in [-0.3, -0.25) is 4.90 Å². The van der Waals surface area contributed by atoms with Crippen LogP contribution >= 0.6 is 0 Å². The Morgan fingerprint density at radius 3 is 2.59 bits per heavy atom. The molecule has 1 aliphatic heterocycles. The molecule has 140 valence electrons. The highest BCUT2D eigenvalue weighted by atomic mass is 19.2. The number of hydrogen-bond acceptors (Lipinski definition) is 2. The zero-order valence-corrected chi connectivity index (χ0v) is 15.4. The molecule has 0 aliphatic carbocycles. The lowest BCUT2D eigenvalue weighted by atomic mass is 10.1. The predicted octanol–water partition coefficient (Wildman–Crippen LogP) is 4.51. The van der Waals surface area contributed by atoms with E-state index >= 15 is 0 Å². The van der Waals surface area contributed by atoms with Crippen LogP contribution in [0.4, 0.5) is 8.78 Å². The van der Waals surface area contributed by atoms with Gasteiger partial charge in [-0.25, -0.2) is 13.8 Å². The quantitative estimate of drug-likeness (QED) is 0.662. The summed E-state index contributed by atoms with van der Waals surface area (Å²) < 4.78 is 28.9. The van der Waals surface area contributed by atoms with Gasteiger partial charge in [0.05, 0.1) is 0 Å². The number of nitrogens with zero attached hydrogens (tertiary/aromatic N) is 3. The first-order valence-electron chi connectivity index (χ1n) is 9.32. The normalized spacial score (nSPS) is 17.5. The number of halogens is 2. The van der Waals surface area contributed by atoms with E-state index in [1.807, 2.05) is 12.3 Å². The summed E-state index contributed by atoms with van der Waals surface area (Å²) in [6.07, 6.45) is 2.96. The van der Waals surface area contributed by atoms with Crippen molar-refractivity contribution >= 4 is 0 Å². The first-order chi connectivity index (χ1) is 13.1. The molecule has 4 rings (SSSR count). The Bertz CT molecular complexity index is 921. The largest absolute Gasteiger partial charge is 0.328 e. The third-order valence-corrected chi connectivity index (χ3v) is 5.30. The Kier molecular flexibility index (Phi) is 5.03. The molecule has 0 amide bonds. The second-order valence-corrected chi connectivity index (χ2v) is 7.30. The minimum absolute atomic E-state index is 0.354. The molecule has 1 atom stereocenters. The molecule has 3 nitrogen and oxygen atoms in total. The number of aromatic nitrogens is 2. The summed E-state index contributed by atoms with van der Waals surface area (Å²) in [5.74, 6) is -0.106. The molecule has 1 aliphatic rings. The topological polar surface area (TPSA) is 21.1 Å². The number of imidazole rings is 1. The molecule has 1 aromatic heterocycles. The van der Waals surface area contributed by atoms with Crippen LogP contribution in [0.15, 0.2) is 54.7 Å². The Balaban J connectivity index is 1.47. The van der Waals surface area contributed by atoms with Gasteiger partial charge in [-0.05, 0) is 43.1 Å². The van der Waals surface area contributed by atoms with Crippen LogP contribution in [0.3, 0.4) is 0 Å². The van der Waals surface area contributed by atoms with Gasteiger partial charge in [0, 0.05) is 37.4 Å². The van der Waals surface area contributed by atoms with Crippen LogP contribution in [0.2, 0.25) is 0 Å². The van der Waals surface area contributed by atoms with Crippen molar-refractivity contribution in [3.63, 3.8) is 0 Å². The number of rotatable bonds is 5. The molecule has 27 heavy (non-hydrogen) atoms. The van der Waals surface area contributed by atoms with Crippen LogP contribution < -0.4 is 0 Å². The molecule has 0 spiro atoms. The van der Waals surface area contributed by atoms with E-state index in [1.54, 1.807) is 6.07 Å². The molecule has 0 N–H and O–H groups in total. The molecule has 2 heterocycles. The number of hydrogen-bond donors (Lipinski definition) is 0. The fraction of sp³-hybridized carbons (Fsp3) is 0.318. The molecule has 1 fully saturated rings. The molecule has 0 bridgehead atoms. The Labute approximate surface area is 158 Å². The Morgan fingerprint density at radius 2 is 1.81 bits per heavy atom. The lowest BCUT2D eigenvalue weighted by Gasteiger charge is -2.17. The minimum atomic E-state index is -0.795. The maximum atomic E-state index is 13.5. The SMILES string of the molecule is Cc1cnc(C2CCN(Cc3ccc(F)c(F)c3)C2)n1Cc1ccccc1. The van der Waals surface area contributed by atoms with Gasteiger partial charge in [0.1, 0.15) is 5.82 Å². The van der Waals surface area contributed by atoms with Gasteiger partial charge in [-0.15, -0.1) is 0 Å². The summed E-state index contributed by atoms with van der Waals surface area (Å²) in [6.45, 7) is 5.35. The Morgan fingerprint density at radius 1 is 1.00 bits per heavy atom. The van der Waals surface area contributed by atoms with Crippen molar-refractivity contribution in [2.45, 2.75) is 32.4 Å². The number of likely N-dealkylation sites (tertiary alicyclic amines) is 1. The molecular weight excluding hydrogens is 344 g/mol. The molecular formula is C22H23F2N3. The first-order valence-corrected chi connectivity index (χ1v) is 9.32. The summed E-state index contributed by atoms with van der Waals surface area (Å²) in [5, 5.41) is 0. The van der Waals surface area contributed by atoms with Gasteiger partial charge < -0.3 is 4.57 Å². The molecule has 5 heteroatoms. The van der Waals surface area contributed by atoms with Crippen molar-refractivity contribution in [3.05, 3.63) is 89.0 Å². The van der Waals surface area contributed by atoms with E-state index in [0.29, 0.717) is 12.5 Å². The monoisotopic (exact) mass is 367 g/mol. The number of benzene rings is 2. The van der Waals surface area contributed by atoms with E-state index in [4.69, 9.17) is 0 Å². The van der Waals surface area contributed by atoms with Crippen molar-refractivity contribution in [1.82, 2.24) is 14.5 Å². The van der Waals surface area contributed by atoms with Crippen molar-refractivity contribution in [2.24, 2.45) is 0 Å². The number of aryl methyl sites for hydroxylation is 1. The van der Waals surface area contributed by atoms with Gasteiger partial charge in [0.15, 0.2) is 11.6 Å². The maximum absolute atomic E-state index is 13.5. The van der Waals surface area contributed by atoms with E-state index < -0.39 is 11.6 Å². The molecule has 3 aromatic rings. The van der Waals surface area contributed by atoms with E-state index in [0.717, 1.165) is 43.1 Å². The fourth-order valence-corrected chi connectivity index (χ4v) is 3.86. The highest BCUT2D eigenvalue weighted by Crippen LogP contribution is 2.28. The summed E-state index contributed by atoms with van der Waals surface area (Å²) in [5.41, 5.74) is 3.22. The van der Waals surface area contributed by atoms with E-state index in [-0.39, 0.29) is 0 Å². The zero-order chi connectivity index (χ0) is 18.8. The molecule has 0 saturated carbocycles. The zero-order valence-electron chi connectivity index (χ0n) is 15.4. The molecule has 0 radical (unpaired) electrons. The lowest BCUT2D eigenvalue weighted by Crippen LogP contribution is -2.21. The van der Waals surface area contributed by atoms with Gasteiger partial charge in [0.2, 0.25) is 0 Å². The Hall–Kier alpha value is -2.53. The minimum Gasteiger partial charge on any atom is -0.328 e. The van der Waals surface area contributed by atoms with Crippen LogP contribution in [0.25, 0.3) is 0 Å². The fourth-order valence-electron chi connectivity index (χ4n) is 3.86. The van der Waals surface area contributed by atoms with Crippen LogP contribution in [-0.2, 0) is 13.1 Å². The van der Waals surface area contributed by atoms with Gasteiger partial charge in [-0.1, -0.05) is 36.4 Å². The molecule has 1 saturated heterocycles. The van der Waals surface area contributed by atoms with Crippen molar-refractivity contribution in [2.75, 3.05) is 13.1 Å². The third-order valence-electron chi connectivity index (χ3n) is 5.30. The third kappa shape index (κ3) is 3.93. The first kappa shape index (κ1) is 17.9. The van der Waals surface area contributed by atoms with Gasteiger partial charge in [0.25, 0.3) is 0 Å². The average Bonchev–Trinajstić information content (AvgIpc) is 3.26. The van der Waals surface area contributed by atoms with E-state index in [9.17, 15) is 8.78 Å². The summed E-state index contributed by atoms with van der Waals surface area (Å²) in [7, 11) is 0. The highest BCUT2D eigenvalue weighted by Gasteiger charge is 2.28. The second kappa shape index (κ2) is 7.61. The molecule has 2 aromatic carbocycles. The van der Waals surface area contributed by atoms with Gasteiger partial charge in [-0.2, -0.15) is 0 Å². The summed E-state index contributed by atoms with van der Waals surface area (Å²) >= 11 is 0. The van der Waals surface area contributed by atoms with Gasteiger partial charge >= 0.3 is 0 Å². The smallest absolute Gasteiger partial charge is 0.159 e. The van der Waals surface area contributed by atoms with Crippen LogP contribution in [0, 0.1) is 18.6 Å². The molecule has 1 unspecified atom stereocenters. The lowest BCUT2D eigenvalue weighted by molar-refractivity contribution is 0.324. The van der Waals surface area contributed by atoms with E-state index in [2.05, 4.69) is 45.6 Å². The van der Waals surface area contributed by atoms with Crippen LogP contribution in [0.5, 0.6) is 0 Å². The van der Waals surface area contributed by atoms with Crippen LogP contribution in [0.1, 0.15) is 35.0 Å². The van der Waals surface area contributed by atoms with E-state index in [1.165, 1.54) is 17.7 Å². The summed E-state index contributed by atoms with van der Waals surface area (Å²) in [4.78, 5) is 6.97. The summed E-state index contributed by atoms with van der Waals surface area (Å²) in [6, 6.07) is 14.6. The predicted molar refractivity (Wildman–Crippen MR) is 102 cm³/mol. The highest BCUT2D eigenvalue weighted by molar-refractivity contribution is 5.20. The average molecular weight is 367 g/mol. The second-order valence-electron chi connectivity index (χ2n) is 7.30.